The van der Waals surface area contributed by atoms with E-state index in [1.165, 1.54) is 11.8 Å². The van der Waals surface area contributed by atoms with Crippen LogP contribution in [0, 0.1) is 0 Å². The van der Waals surface area contributed by atoms with Crippen LogP contribution in [0.25, 0.3) is 10.7 Å². The number of thioether (sulfide) groups is 1. The molecule has 4 heterocycles. The van der Waals surface area contributed by atoms with Gasteiger partial charge in [0.15, 0.2) is 0 Å². The van der Waals surface area contributed by atoms with Gasteiger partial charge in [-0.25, -0.2) is 4.68 Å². The molecule has 1 fully saturated rings. The molecule has 10 heteroatoms. The summed E-state index contributed by atoms with van der Waals surface area (Å²) in [6.07, 6.45) is 2.34. The van der Waals surface area contributed by atoms with E-state index in [-0.39, 0.29) is 11.4 Å². The average molecular weight is 364 g/mol. The van der Waals surface area contributed by atoms with Crippen LogP contribution in [0.2, 0.25) is 0 Å². The molecule has 0 radical (unpaired) electrons. The summed E-state index contributed by atoms with van der Waals surface area (Å²) in [6, 6.07) is 3.94. The second kappa shape index (κ2) is 6.99. The van der Waals surface area contributed by atoms with E-state index in [4.69, 9.17) is 9.26 Å². The van der Waals surface area contributed by atoms with Crippen molar-refractivity contribution in [1.29, 1.82) is 0 Å². The van der Waals surface area contributed by atoms with E-state index in [2.05, 4.69) is 25.7 Å². The third kappa shape index (κ3) is 3.35. The van der Waals surface area contributed by atoms with E-state index in [9.17, 15) is 0 Å². The monoisotopic (exact) mass is 364 g/mol. The van der Waals surface area contributed by atoms with Gasteiger partial charge >= 0.3 is 0 Å². The van der Waals surface area contributed by atoms with Crippen molar-refractivity contribution < 1.29 is 9.26 Å². The molecule has 1 saturated heterocycles. The first-order valence-electron chi connectivity index (χ1n) is 7.71. The number of nitrogens with zero attached hydrogens (tertiary/aromatic N) is 6. The largest absolute Gasteiger partial charge is 0.376 e. The molecular weight excluding hydrogens is 348 g/mol. The molecular formula is C14H16N6O2S2. The van der Waals surface area contributed by atoms with Gasteiger partial charge in [0.05, 0.1) is 22.8 Å². The zero-order valence-corrected chi connectivity index (χ0v) is 14.7. The summed E-state index contributed by atoms with van der Waals surface area (Å²) < 4.78 is 12.8. The van der Waals surface area contributed by atoms with Crippen molar-refractivity contribution in [1.82, 2.24) is 30.3 Å². The first-order chi connectivity index (χ1) is 11.8. The van der Waals surface area contributed by atoms with Crippen molar-refractivity contribution in [3.63, 3.8) is 0 Å². The fraction of sp³-hybridized carbons (Fsp3) is 0.500. The predicted molar refractivity (Wildman–Crippen MR) is 88.7 cm³/mol. The van der Waals surface area contributed by atoms with Crippen molar-refractivity contribution in [3.05, 3.63) is 23.4 Å². The van der Waals surface area contributed by atoms with Crippen molar-refractivity contribution in [2.75, 3.05) is 6.61 Å². The molecule has 0 bridgehead atoms. The van der Waals surface area contributed by atoms with Crippen LogP contribution in [0.5, 0.6) is 0 Å². The Morgan fingerprint density at radius 1 is 1.50 bits per heavy atom. The van der Waals surface area contributed by atoms with Crippen molar-refractivity contribution in [2.45, 2.75) is 42.8 Å². The number of thiophene rings is 1. The molecule has 0 N–H and O–H groups in total. The Bertz CT molecular complexity index is 781. The molecule has 0 aliphatic carbocycles. The van der Waals surface area contributed by atoms with Gasteiger partial charge in [-0.1, -0.05) is 23.0 Å². The first-order valence-corrected chi connectivity index (χ1v) is 9.47. The maximum atomic E-state index is 5.65. The standard InChI is InChI=1S/C14H16N6O2S2/c1-9(13-15-12(17-22-13)11-5-3-7-23-11)24-14-16-18-19-20(14)8-10-4-2-6-21-10/h3,5,7,9-10H,2,4,6,8H2,1H3. The summed E-state index contributed by atoms with van der Waals surface area (Å²) in [7, 11) is 0. The zero-order valence-electron chi connectivity index (χ0n) is 13.0. The van der Waals surface area contributed by atoms with Crippen molar-refractivity contribution in [3.8, 4) is 10.7 Å². The van der Waals surface area contributed by atoms with Crippen LogP contribution in [0.15, 0.2) is 27.2 Å². The van der Waals surface area contributed by atoms with Gasteiger partial charge in [-0.2, -0.15) is 4.98 Å². The fourth-order valence-corrected chi connectivity index (χ4v) is 3.97. The Morgan fingerprint density at radius 2 is 2.46 bits per heavy atom. The van der Waals surface area contributed by atoms with Gasteiger partial charge in [0.1, 0.15) is 0 Å². The van der Waals surface area contributed by atoms with Gasteiger partial charge in [0.25, 0.3) is 0 Å². The average Bonchev–Trinajstić information content (AvgIpc) is 3.37. The Kier molecular flexibility index (Phi) is 4.58. The number of hydrogen-bond donors (Lipinski definition) is 0. The van der Waals surface area contributed by atoms with Crippen LogP contribution in [-0.4, -0.2) is 43.1 Å². The molecule has 3 aromatic heterocycles. The second-order valence-corrected chi connectivity index (χ2v) is 7.73. The van der Waals surface area contributed by atoms with Crippen LogP contribution in [0.3, 0.4) is 0 Å². The van der Waals surface area contributed by atoms with Crippen molar-refractivity contribution >= 4 is 23.1 Å². The summed E-state index contributed by atoms with van der Waals surface area (Å²) in [5.74, 6) is 1.18. The smallest absolute Gasteiger partial charge is 0.240 e. The van der Waals surface area contributed by atoms with Gasteiger partial charge in [-0.15, -0.1) is 16.4 Å². The van der Waals surface area contributed by atoms with Gasteiger partial charge in [-0.05, 0) is 41.6 Å². The van der Waals surface area contributed by atoms with Crippen LogP contribution >= 0.6 is 23.1 Å². The minimum absolute atomic E-state index is 0.0412. The molecule has 0 aromatic carbocycles. The lowest BCUT2D eigenvalue weighted by molar-refractivity contribution is 0.0911. The summed E-state index contributed by atoms with van der Waals surface area (Å²) in [5.41, 5.74) is 0. The van der Waals surface area contributed by atoms with Crippen LogP contribution in [-0.2, 0) is 11.3 Å². The summed E-state index contributed by atoms with van der Waals surface area (Å²) in [5, 5.41) is 18.7. The lowest BCUT2D eigenvalue weighted by atomic mass is 10.2. The number of aromatic nitrogens is 6. The minimum Gasteiger partial charge on any atom is -0.376 e. The maximum absolute atomic E-state index is 5.65. The molecule has 0 amide bonds. The third-order valence-corrected chi connectivity index (χ3v) is 5.64. The van der Waals surface area contributed by atoms with Gasteiger partial charge in [0, 0.05) is 6.61 Å². The Morgan fingerprint density at radius 3 is 3.25 bits per heavy atom. The molecule has 2 atom stereocenters. The van der Waals surface area contributed by atoms with E-state index in [1.54, 1.807) is 16.0 Å². The molecule has 1 aliphatic rings. The first kappa shape index (κ1) is 15.7. The molecule has 24 heavy (non-hydrogen) atoms. The molecule has 3 aromatic rings. The highest BCUT2D eigenvalue weighted by molar-refractivity contribution is 7.99. The summed E-state index contributed by atoms with van der Waals surface area (Å²) in [6.45, 7) is 3.49. The van der Waals surface area contributed by atoms with E-state index in [0.29, 0.717) is 18.3 Å². The predicted octanol–water partition coefficient (Wildman–Crippen LogP) is 2.82. The molecule has 4 rings (SSSR count). The number of tetrazole rings is 1. The third-order valence-electron chi connectivity index (χ3n) is 3.71. The van der Waals surface area contributed by atoms with Crippen LogP contribution in [0.1, 0.15) is 30.9 Å². The van der Waals surface area contributed by atoms with E-state index >= 15 is 0 Å². The quantitative estimate of drug-likeness (QED) is 0.617. The van der Waals surface area contributed by atoms with Crippen LogP contribution < -0.4 is 0 Å². The van der Waals surface area contributed by atoms with E-state index in [1.807, 2.05) is 24.4 Å². The summed E-state index contributed by atoms with van der Waals surface area (Å²) in [4.78, 5) is 5.47. The number of ether oxygens (including phenoxy) is 1. The molecule has 2 unspecified atom stereocenters. The van der Waals surface area contributed by atoms with E-state index in [0.717, 1.165) is 29.5 Å². The topological polar surface area (TPSA) is 91.8 Å². The Balaban J connectivity index is 1.44. The molecule has 1 aliphatic heterocycles. The molecule has 0 saturated carbocycles. The van der Waals surface area contributed by atoms with Crippen LogP contribution in [0.4, 0.5) is 0 Å². The second-order valence-electron chi connectivity index (χ2n) is 5.47. The zero-order chi connectivity index (χ0) is 16.4. The molecule has 0 spiro atoms. The maximum Gasteiger partial charge on any atom is 0.240 e. The molecule has 126 valence electrons. The van der Waals surface area contributed by atoms with E-state index < -0.39 is 0 Å². The Labute approximate surface area is 146 Å². The normalized spacial score (nSPS) is 19.0. The number of hydrogen-bond acceptors (Lipinski definition) is 9. The van der Waals surface area contributed by atoms with Gasteiger partial charge in [-0.3, -0.25) is 0 Å². The summed E-state index contributed by atoms with van der Waals surface area (Å²) >= 11 is 3.09. The SMILES string of the molecule is CC(Sc1nnnn1CC1CCCO1)c1nc(-c2cccs2)no1. The van der Waals surface area contributed by atoms with Crippen molar-refractivity contribution in [2.24, 2.45) is 0 Å². The highest BCUT2D eigenvalue weighted by atomic mass is 32.2. The lowest BCUT2D eigenvalue weighted by Gasteiger charge is -2.11. The highest BCUT2D eigenvalue weighted by Gasteiger charge is 2.22. The Hall–Kier alpha value is -1.78. The fourth-order valence-electron chi connectivity index (χ4n) is 2.49. The highest BCUT2D eigenvalue weighted by Crippen LogP contribution is 2.34. The minimum atomic E-state index is -0.0412. The molecule has 8 nitrogen and oxygen atoms in total. The number of rotatable bonds is 6. The van der Waals surface area contributed by atoms with Gasteiger partial charge < -0.3 is 9.26 Å². The lowest BCUT2D eigenvalue weighted by Crippen LogP contribution is -2.17. The van der Waals surface area contributed by atoms with Gasteiger partial charge in [0.2, 0.25) is 16.9 Å².